The number of nitrogens with one attached hydrogen (secondary N) is 1. The summed E-state index contributed by atoms with van der Waals surface area (Å²) in [6.07, 6.45) is 2.25. The summed E-state index contributed by atoms with van der Waals surface area (Å²) >= 11 is 12.4. The summed E-state index contributed by atoms with van der Waals surface area (Å²) in [5, 5.41) is 5.13. The van der Waals surface area contributed by atoms with Gasteiger partial charge in [0.05, 0.1) is 0 Å². The van der Waals surface area contributed by atoms with Gasteiger partial charge < -0.3 is 5.32 Å². The third kappa shape index (κ3) is 3.15. The van der Waals surface area contributed by atoms with E-state index in [-0.39, 0.29) is 0 Å². The van der Waals surface area contributed by atoms with E-state index in [4.69, 9.17) is 23.2 Å². The molecule has 0 radical (unpaired) electrons. The van der Waals surface area contributed by atoms with Gasteiger partial charge in [0.15, 0.2) is 0 Å². The van der Waals surface area contributed by atoms with Crippen LogP contribution in [0.5, 0.6) is 0 Å². The second-order valence-corrected chi connectivity index (χ2v) is 5.76. The predicted octanol–water partition coefficient (Wildman–Crippen LogP) is 4.17. The Labute approximate surface area is 114 Å². The normalized spacial score (nSPS) is 24.7. The van der Waals surface area contributed by atoms with E-state index in [9.17, 15) is 0 Å². The van der Waals surface area contributed by atoms with Crippen LogP contribution in [0.4, 0.5) is 0 Å². The maximum atomic E-state index is 6.22. The number of rotatable bonds is 5. The number of hydrogen-bond donors (Lipinski definition) is 1. The number of benzene rings is 1. The average Bonchev–Trinajstić information content (AvgIpc) is 2.99. The highest BCUT2D eigenvalue weighted by Gasteiger charge is 2.39. The Bertz CT molecular complexity index is 372. The van der Waals surface area contributed by atoms with E-state index >= 15 is 0 Å². The van der Waals surface area contributed by atoms with Gasteiger partial charge in [0, 0.05) is 16.1 Å². The van der Waals surface area contributed by atoms with Crippen molar-refractivity contribution in [2.75, 3.05) is 6.54 Å². The number of hydrogen-bond acceptors (Lipinski definition) is 1. The summed E-state index contributed by atoms with van der Waals surface area (Å²) in [7, 11) is 0. The fourth-order valence-corrected chi connectivity index (χ4v) is 3.05. The van der Waals surface area contributed by atoms with Crippen LogP contribution in [0.3, 0.4) is 0 Å². The highest BCUT2D eigenvalue weighted by atomic mass is 35.5. The van der Waals surface area contributed by atoms with Gasteiger partial charge in [-0.3, -0.25) is 0 Å². The molecule has 1 saturated carbocycles. The zero-order chi connectivity index (χ0) is 12.4. The Morgan fingerprint density at radius 1 is 1.35 bits per heavy atom. The van der Waals surface area contributed by atoms with Gasteiger partial charge in [0.25, 0.3) is 0 Å². The molecule has 1 aromatic carbocycles. The molecule has 0 saturated heterocycles. The van der Waals surface area contributed by atoms with Gasteiger partial charge in [0.1, 0.15) is 0 Å². The van der Waals surface area contributed by atoms with Crippen molar-refractivity contribution in [3.63, 3.8) is 0 Å². The van der Waals surface area contributed by atoms with E-state index in [1.807, 2.05) is 18.2 Å². The molecule has 1 aliphatic carbocycles. The molecule has 0 bridgehead atoms. The molecule has 0 spiro atoms. The van der Waals surface area contributed by atoms with Crippen LogP contribution in [-0.4, -0.2) is 12.6 Å². The minimum absolute atomic E-state index is 0.507. The minimum atomic E-state index is 0.507. The van der Waals surface area contributed by atoms with Gasteiger partial charge in [-0.25, -0.2) is 0 Å². The van der Waals surface area contributed by atoms with E-state index < -0.39 is 0 Å². The molecule has 1 aliphatic rings. The lowest BCUT2D eigenvalue weighted by atomic mass is 10.0. The summed E-state index contributed by atoms with van der Waals surface area (Å²) in [5.74, 6) is 1.61. The molecule has 1 fully saturated rings. The Morgan fingerprint density at radius 3 is 2.41 bits per heavy atom. The van der Waals surface area contributed by atoms with Gasteiger partial charge in [-0.15, -0.1) is 0 Å². The predicted molar refractivity (Wildman–Crippen MR) is 74.9 cm³/mol. The van der Waals surface area contributed by atoms with E-state index in [1.165, 1.54) is 6.42 Å². The SMILES string of the molecule is CCNC(Cc1c(Cl)cccc1Cl)C1CC1C. The van der Waals surface area contributed by atoms with Crippen LogP contribution in [0.1, 0.15) is 25.8 Å². The largest absolute Gasteiger partial charge is 0.314 e. The van der Waals surface area contributed by atoms with Crippen molar-refractivity contribution < 1.29 is 0 Å². The average molecular weight is 272 g/mol. The molecule has 17 heavy (non-hydrogen) atoms. The van der Waals surface area contributed by atoms with Gasteiger partial charge in [-0.2, -0.15) is 0 Å². The monoisotopic (exact) mass is 271 g/mol. The molecule has 94 valence electrons. The van der Waals surface area contributed by atoms with E-state index in [1.54, 1.807) is 0 Å². The van der Waals surface area contributed by atoms with Crippen molar-refractivity contribution in [1.29, 1.82) is 0 Å². The molecule has 2 rings (SSSR count). The van der Waals surface area contributed by atoms with Crippen molar-refractivity contribution in [3.8, 4) is 0 Å². The van der Waals surface area contributed by atoms with Gasteiger partial charge >= 0.3 is 0 Å². The summed E-state index contributed by atoms with van der Waals surface area (Å²) < 4.78 is 0. The lowest BCUT2D eigenvalue weighted by molar-refractivity contribution is 0.454. The second-order valence-electron chi connectivity index (χ2n) is 4.95. The summed E-state index contributed by atoms with van der Waals surface area (Å²) in [4.78, 5) is 0. The van der Waals surface area contributed by atoms with Crippen molar-refractivity contribution in [2.24, 2.45) is 11.8 Å². The third-order valence-electron chi connectivity index (χ3n) is 3.64. The van der Waals surface area contributed by atoms with Crippen molar-refractivity contribution >= 4 is 23.2 Å². The lowest BCUT2D eigenvalue weighted by Crippen LogP contribution is -2.33. The molecule has 0 amide bonds. The summed E-state index contributed by atoms with van der Waals surface area (Å²) in [6, 6.07) is 6.24. The maximum absolute atomic E-state index is 6.22. The lowest BCUT2D eigenvalue weighted by Gasteiger charge is -2.19. The van der Waals surface area contributed by atoms with Crippen LogP contribution in [0, 0.1) is 11.8 Å². The highest BCUT2D eigenvalue weighted by molar-refractivity contribution is 6.36. The fraction of sp³-hybridized carbons (Fsp3) is 0.571. The van der Waals surface area contributed by atoms with E-state index in [0.29, 0.717) is 6.04 Å². The zero-order valence-corrected chi connectivity index (χ0v) is 11.9. The first-order valence-corrected chi connectivity index (χ1v) is 7.05. The van der Waals surface area contributed by atoms with Crippen LogP contribution in [0.25, 0.3) is 0 Å². The topological polar surface area (TPSA) is 12.0 Å². The second kappa shape index (κ2) is 5.60. The maximum Gasteiger partial charge on any atom is 0.0453 e. The zero-order valence-electron chi connectivity index (χ0n) is 10.3. The van der Waals surface area contributed by atoms with Crippen molar-refractivity contribution in [3.05, 3.63) is 33.8 Å². The Hall–Kier alpha value is -0.240. The Morgan fingerprint density at radius 2 is 1.94 bits per heavy atom. The minimum Gasteiger partial charge on any atom is -0.314 e. The van der Waals surface area contributed by atoms with E-state index in [2.05, 4.69) is 19.2 Å². The molecule has 0 aromatic heterocycles. The van der Waals surface area contributed by atoms with Gasteiger partial charge in [0.2, 0.25) is 0 Å². The molecule has 1 nitrogen and oxygen atoms in total. The molecule has 3 unspecified atom stereocenters. The van der Waals surface area contributed by atoms with Crippen LogP contribution < -0.4 is 5.32 Å². The van der Waals surface area contributed by atoms with Crippen LogP contribution in [0.2, 0.25) is 10.0 Å². The Balaban J connectivity index is 2.11. The quantitative estimate of drug-likeness (QED) is 0.848. The van der Waals surface area contributed by atoms with Gasteiger partial charge in [-0.1, -0.05) is 43.1 Å². The first-order chi connectivity index (χ1) is 8.13. The van der Waals surface area contributed by atoms with Crippen molar-refractivity contribution in [1.82, 2.24) is 5.32 Å². The van der Waals surface area contributed by atoms with Crippen LogP contribution in [-0.2, 0) is 6.42 Å². The van der Waals surface area contributed by atoms with Gasteiger partial charge in [-0.05, 0) is 48.9 Å². The smallest absolute Gasteiger partial charge is 0.0453 e. The third-order valence-corrected chi connectivity index (χ3v) is 4.35. The molecule has 0 heterocycles. The highest BCUT2D eigenvalue weighted by Crippen LogP contribution is 2.42. The van der Waals surface area contributed by atoms with Crippen LogP contribution in [0.15, 0.2) is 18.2 Å². The molecule has 1 N–H and O–H groups in total. The molecular formula is C14H19Cl2N. The molecular weight excluding hydrogens is 253 g/mol. The Kier molecular flexibility index (Phi) is 4.35. The summed E-state index contributed by atoms with van der Waals surface area (Å²) in [6.45, 7) is 5.45. The molecule has 0 aliphatic heterocycles. The standard InChI is InChI=1S/C14H19Cl2N/c1-3-17-14(10-7-9(10)2)8-11-12(15)5-4-6-13(11)16/h4-6,9-10,14,17H,3,7-8H2,1-2H3. The fourth-order valence-electron chi connectivity index (χ4n) is 2.50. The van der Waals surface area contributed by atoms with Crippen LogP contribution >= 0.6 is 23.2 Å². The van der Waals surface area contributed by atoms with E-state index in [0.717, 1.165) is 40.4 Å². The molecule has 1 aromatic rings. The summed E-state index contributed by atoms with van der Waals surface area (Å²) in [5.41, 5.74) is 1.08. The van der Waals surface area contributed by atoms with Crippen molar-refractivity contribution in [2.45, 2.75) is 32.7 Å². The number of halogens is 2. The molecule has 3 heteroatoms. The first-order valence-electron chi connectivity index (χ1n) is 6.29. The number of likely N-dealkylation sites (N-methyl/N-ethyl adjacent to an activating group) is 1. The first kappa shape index (κ1) is 13.2. The molecule has 3 atom stereocenters.